The fraction of sp³-hybridized carbons (Fsp3) is 0.200. The molecule has 3 aromatic rings. The molecule has 40 heavy (non-hydrogen) atoms. The number of benzene rings is 3. The molecule has 0 unspecified atom stereocenters. The number of piperazine rings is 1. The van der Waals surface area contributed by atoms with Gasteiger partial charge in [-0.25, -0.2) is 5.48 Å². The highest BCUT2D eigenvalue weighted by Gasteiger charge is 2.29. The standard InChI is InChI=1S/C30H29N5O5/c1-19-15-24-25(16-22(19)18-36)33-30(39)27(24)28(20-5-3-2-4-6-20)32-23-9-7-21(8-10-23)29(38)34-40-14-13-35-12-11-31-26(37)17-35/h2-10,15-16,18,32H,11-14,17H2,1H3,(H,31,37)(H,33,39)(H,34,38)/b28-27-. The second-order valence-corrected chi connectivity index (χ2v) is 9.55. The van der Waals surface area contributed by atoms with Crippen molar-refractivity contribution >= 4 is 46.7 Å². The van der Waals surface area contributed by atoms with Gasteiger partial charge in [-0.15, -0.1) is 0 Å². The van der Waals surface area contributed by atoms with Crippen molar-refractivity contribution in [2.45, 2.75) is 6.92 Å². The number of hydroxylamine groups is 1. The molecule has 0 spiro atoms. The van der Waals surface area contributed by atoms with Gasteiger partial charge in [0.2, 0.25) is 5.91 Å². The summed E-state index contributed by atoms with van der Waals surface area (Å²) in [4.78, 5) is 55.9. The van der Waals surface area contributed by atoms with E-state index in [0.717, 1.165) is 24.0 Å². The first-order valence-electron chi connectivity index (χ1n) is 12.9. The lowest BCUT2D eigenvalue weighted by atomic mass is 9.97. The number of carbonyl (C=O) groups excluding carboxylic acids is 4. The zero-order chi connectivity index (χ0) is 28.1. The predicted molar refractivity (Wildman–Crippen MR) is 151 cm³/mol. The van der Waals surface area contributed by atoms with E-state index in [4.69, 9.17) is 4.84 Å². The molecule has 204 valence electrons. The zero-order valence-electron chi connectivity index (χ0n) is 22.0. The van der Waals surface area contributed by atoms with E-state index in [0.29, 0.717) is 59.0 Å². The molecule has 3 amide bonds. The molecular formula is C30H29N5O5. The van der Waals surface area contributed by atoms with Crippen molar-refractivity contribution in [2.24, 2.45) is 0 Å². The molecule has 5 rings (SSSR count). The number of aldehydes is 1. The van der Waals surface area contributed by atoms with E-state index in [1.807, 2.05) is 48.2 Å². The quantitative estimate of drug-likeness (QED) is 0.142. The summed E-state index contributed by atoms with van der Waals surface area (Å²) in [5.41, 5.74) is 7.96. The Morgan fingerprint density at radius 2 is 1.82 bits per heavy atom. The smallest absolute Gasteiger partial charge is 0.274 e. The Hall–Kier alpha value is -4.80. The average molecular weight is 540 g/mol. The SMILES string of the molecule is Cc1cc2c(cc1C=O)NC(=O)/C2=C(\Nc1ccc(C(=O)NOCCN2CCNC(=O)C2)cc1)c1ccccc1. The van der Waals surface area contributed by atoms with Crippen LogP contribution in [0.15, 0.2) is 66.7 Å². The van der Waals surface area contributed by atoms with Crippen LogP contribution < -0.4 is 21.4 Å². The third kappa shape index (κ3) is 5.93. The number of carbonyl (C=O) groups is 4. The van der Waals surface area contributed by atoms with Crippen molar-refractivity contribution in [3.05, 3.63) is 94.5 Å². The second-order valence-electron chi connectivity index (χ2n) is 9.55. The van der Waals surface area contributed by atoms with Crippen LogP contribution in [0.25, 0.3) is 11.3 Å². The molecule has 2 heterocycles. The molecule has 0 aromatic heterocycles. The number of nitrogens with one attached hydrogen (secondary N) is 4. The van der Waals surface area contributed by atoms with Crippen molar-refractivity contribution in [3.63, 3.8) is 0 Å². The highest BCUT2D eigenvalue weighted by molar-refractivity contribution is 6.37. The molecule has 2 aliphatic rings. The van der Waals surface area contributed by atoms with Crippen LogP contribution >= 0.6 is 0 Å². The third-order valence-corrected chi connectivity index (χ3v) is 6.80. The molecule has 10 heteroatoms. The van der Waals surface area contributed by atoms with Crippen LogP contribution in [0, 0.1) is 6.92 Å². The largest absolute Gasteiger partial charge is 0.354 e. The lowest BCUT2D eigenvalue weighted by Crippen LogP contribution is -2.48. The van der Waals surface area contributed by atoms with Crippen molar-refractivity contribution < 1.29 is 24.0 Å². The van der Waals surface area contributed by atoms with E-state index in [1.165, 1.54) is 0 Å². The lowest BCUT2D eigenvalue weighted by Gasteiger charge is -2.25. The Morgan fingerprint density at radius 3 is 2.55 bits per heavy atom. The summed E-state index contributed by atoms with van der Waals surface area (Å²) in [6.45, 7) is 4.28. The number of aryl methyl sites for hydroxylation is 1. The minimum Gasteiger partial charge on any atom is -0.354 e. The van der Waals surface area contributed by atoms with E-state index < -0.39 is 5.91 Å². The van der Waals surface area contributed by atoms with E-state index in [9.17, 15) is 19.2 Å². The summed E-state index contributed by atoms with van der Waals surface area (Å²) in [6.07, 6.45) is 0.775. The number of hydrogen-bond donors (Lipinski definition) is 4. The van der Waals surface area contributed by atoms with E-state index >= 15 is 0 Å². The molecular weight excluding hydrogens is 510 g/mol. The minimum atomic E-state index is -0.393. The van der Waals surface area contributed by atoms with Crippen LogP contribution in [0.1, 0.15) is 37.4 Å². The van der Waals surface area contributed by atoms with Gasteiger partial charge < -0.3 is 16.0 Å². The van der Waals surface area contributed by atoms with Crippen molar-refractivity contribution in [3.8, 4) is 0 Å². The molecule has 0 atom stereocenters. The Balaban J connectivity index is 1.31. The van der Waals surface area contributed by atoms with Crippen LogP contribution in [-0.2, 0) is 14.4 Å². The number of anilines is 2. The van der Waals surface area contributed by atoms with Crippen LogP contribution in [0.3, 0.4) is 0 Å². The van der Waals surface area contributed by atoms with Crippen LogP contribution in [0.5, 0.6) is 0 Å². The van der Waals surface area contributed by atoms with Gasteiger partial charge in [-0.1, -0.05) is 30.3 Å². The van der Waals surface area contributed by atoms with Gasteiger partial charge >= 0.3 is 0 Å². The molecule has 2 aliphatic heterocycles. The van der Waals surface area contributed by atoms with Gasteiger partial charge in [0.25, 0.3) is 11.8 Å². The van der Waals surface area contributed by atoms with Gasteiger partial charge in [-0.3, -0.25) is 28.9 Å². The summed E-state index contributed by atoms with van der Waals surface area (Å²) < 4.78 is 0. The van der Waals surface area contributed by atoms with Crippen molar-refractivity contribution in [1.82, 2.24) is 15.7 Å². The van der Waals surface area contributed by atoms with E-state index in [-0.39, 0.29) is 18.4 Å². The number of amides is 3. The predicted octanol–water partition coefficient (Wildman–Crippen LogP) is 2.83. The molecule has 10 nitrogen and oxygen atoms in total. The summed E-state index contributed by atoms with van der Waals surface area (Å²) >= 11 is 0. The highest BCUT2D eigenvalue weighted by Crippen LogP contribution is 2.38. The van der Waals surface area contributed by atoms with Gasteiger partial charge in [0, 0.05) is 47.7 Å². The molecule has 1 saturated heterocycles. The van der Waals surface area contributed by atoms with Gasteiger partial charge in [-0.2, -0.15) is 0 Å². The lowest BCUT2D eigenvalue weighted by molar-refractivity contribution is -0.124. The topological polar surface area (TPSA) is 129 Å². The summed E-state index contributed by atoms with van der Waals surface area (Å²) in [5.74, 6) is -0.688. The van der Waals surface area contributed by atoms with Crippen LogP contribution in [0.2, 0.25) is 0 Å². The van der Waals surface area contributed by atoms with E-state index in [2.05, 4.69) is 21.4 Å². The number of fused-ring (bicyclic) bond motifs is 1. The normalized spacial score (nSPS) is 16.0. The Bertz CT molecular complexity index is 1480. The van der Waals surface area contributed by atoms with Gasteiger partial charge in [0.05, 0.1) is 24.4 Å². The molecule has 1 fully saturated rings. The monoisotopic (exact) mass is 539 g/mol. The molecule has 0 radical (unpaired) electrons. The Labute approximate surface area is 231 Å². The first kappa shape index (κ1) is 26.8. The van der Waals surface area contributed by atoms with Crippen LogP contribution in [-0.4, -0.2) is 61.7 Å². The van der Waals surface area contributed by atoms with Gasteiger partial charge in [-0.05, 0) is 54.4 Å². The number of hydrogen-bond acceptors (Lipinski definition) is 7. The molecule has 4 N–H and O–H groups in total. The summed E-state index contributed by atoms with van der Waals surface area (Å²) in [7, 11) is 0. The van der Waals surface area contributed by atoms with Gasteiger partial charge in [0.15, 0.2) is 0 Å². The van der Waals surface area contributed by atoms with Crippen molar-refractivity contribution in [1.29, 1.82) is 0 Å². The Kier molecular flexibility index (Phi) is 7.99. The average Bonchev–Trinajstić information content (AvgIpc) is 3.28. The first-order chi connectivity index (χ1) is 19.4. The van der Waals surface area contributed by atoms with Crippen molar-refractivity contribution in [2.75, 3.05) is 43.4 Å². The highest BCUT2D eigenvalue weighted by atomic mass is 16.7. The maximum atomic E-state index is 13.1. The molecule has 0 aliphatic carbocycles. The Morgan fingerprint density at radius 1 is 1.05 bits per heavy atom. The second kappa shape index (κ2) is 11.9. The minimum absolute atomic E-state index is 0.0185. The first-order valence-corrected chi connectivity index (χ1v) is 12.9. The fourth-order valence-electron chi connectivity index (χ4n) is 4.68. The van der Waals surface area contributed by atoms with Gasteiger partial charge in [0.1, 0.15) is 6.29 Å². The maximum Gasteiger partial charge on any atom is 0.274 e. The molecule has 0 saturated carbocycles. The molecule has 0 bridgehead atoms. The number of nitrogens with zero attached hydrogens (tertiary/aromatic N) is 1. The third-order valence-electron chi connectivity index (χ3n) is 6.80. The molecule has 3 aromatic carbocycles. The van der Waals surface area contributed by atoms with Crippen LogP contribution in [0.4, 0.5) is 11.4 Å². The fourth-order valence-corrected chi connectivity index (χ4v) is 4.68. The van der Waals surface area contributed by atoms with E-state index in [1.54, 1.807) is 30.3 Å². The summed E-state index contributed by atoms with van der Waals surface area (Å²) in [6, 6.07) is 19.8. The number of rotatable bonds is 9. The summed E-state index contributed by atoms with van der Waals surface area (Å²) in [5, 5.41) is 9.00. The maximum absolute atomic E-state index is 13.1. The zero-order valence-corrected chi connectivity index (χ0v) is 22.0.